The summed E-state index contributed by atoms with van der Waals surface area (Å²) < 4.78 is 36.3. The van der Waals surface area contributed by atoms with Crippen molar-refractivity contribution < 1.29 is 18.3 Å². The van der Waals surface area contributed by atoms with Crippen LogP contribution in [0, 0.1) is 11.3 Å². The topological polar surface area (TPSA) is 56.0 Å². The van der Waals surface area contributed by atoms with Gasteiger partial charge in [-0.15, -0.1) is 0 Å². The van der Waals surface area contributed by atoms with E-state index in [2.05, 4.69) is 5.32 Å². The smallest absolute Gasteiger partial charge is 0.387 e. The Labute approximate surface area is 109 Å². The van der Waals surface area contributed by atoms with Crippen LogP contribution in [0.3, 0.4) is 0 Å². The molecule has 0 aliphatic rings. The SMILES string of the molecule is CC(CC(F)(F)F)NCC(O)c1ccc(C#N)cc1. The Morgan fingerprint density at radius 3 is 2.37 bits per heavy atom. The molecule has 0 aliphatic carbocycles. The summed E-state index contributed by atoms with van der Waals surface area (Å²) in [5.41, 5.74) is 1.03. The molecule has 0 radical (unpaired) electrons. The van der Waals surface area contributed by atoms with Crippen molar-refractivity contribution in [2.24, 2.45) is 0 Å². The summed E-state index contributed by atoms with van der Waals surface area (Å²) in [6.45, 7) is 1.45. The predicted octanol–water partition coefficient (Wildman–Crippen LogP) is 2.52. The van der Waals surface area contributed by atoms with Gasteiger partial charge >= 0.3 is 6.18 Å². The summed E-state index contributed by atoms with van der Waals surface area (Å²) >= 11 is 0. The van der Waals surface area contributed by atoms with Crippen LogP contribution in [0.5, 0.6) is 0 Å². The molecule has 0 saturated carbocycles. The van der Waals surface area contributed by atoms with Crippen LogP contribution in [-0.4, -0.2) is 23.9 Å². The first-order chi connectivity index (χ1) is 8.81. The largest absolute Gasteiger partial charge is 0.390 e. The van der Waals surface area contributed by atoms with E-state index in [0.29, 0.717) is 11.1 Å². The summed E-state index contributed by atoms with van der Waals surface area (Å²) in [4.78, 5) is 0. The minimum Gasteiger partial charge on any atom is -0.387 e. The van der Waals surface area contributed by atoms with Crippen molar-refractivity contribution in [3.63, 3.8) is 0 Å². The lowest BCUT2D eigenvalue weighted by molar-refractivity contribution is -0.139. The summed E-state index contributed by atoms with van der Waals surface area (Å²) in [5.74, 6) is 0. The van der Waals surface area contributed by atoms with Gasteiger partial charge in [0, 0.05) is 12.6 Å². The molecule has 104 valence electrons. The monoisotopic (exact) mass is 272 g/mol. The maximum absolute atomic E-state index is 12.1. The van der Waals surface area contributed by atoms with Gasteiger partial charge in [-0.25, -0.2) is 0 Å². The number of nitrogens with zero attached hydrogens (tertiary/aromatic N) is 1. The highest BCUT2D eigenvalue weighted by molar-refractivity contribution is 5.32. The van der Waals surface area contributed by atoms with E-state index in [1.807, 2.05) is 6.07 Å². The lowest BCUT2D eigenvalue weighted by Gasteiger charge is -2.18. The number of aliphatic hydroxyl groups excluding tert-OH is 1. The Morgan fingerprint density at radius 1 is 1.32 bits per heavy atom. The number of nitriles is 1. The number of halogens is 3. The van der Waals surface area contributed by atoms with E-state index in [1.54, 1.807) is 24.3 Å². The van der Waals surface area contributed by atoms with Crippen LogP contribution in [-0.2, 0) is 0 Å². The summed E-state index contributed by atoms with van der Waals surface area (Å²) in [7, 11) is 0. The van der Waals surface area contributed by atoms with Crippen molar-refractivity contribution in [1.82, 2.24) is 5.32 Å². The van der Waals surface area contributed by atoms with Crippen molar-refractivity contribution in [2.75, 3.05) is 6.54 Å². The Morgan fingerprint density at radius 2 is 1.89 bits per heavy atom. The van der Waals surface area contributed by atoms with Gasteiger partial charge in [0.1, 0.15) is 0 Å². The molecule has 0 heterocycles. The molecule has 1 aromatic carbocycles. The van der Waals surface area contributed by atoms with E-state index in [-0.39, 0.29) is 6.54 Å². The third kappa shape index (κ3) is 5.73. The maximum atomic E-state index is 12.1. The second-order valence-corrected chi connectivity index (χ2v) is 4.38. The molecule has 6 heteroatoms. The zero-order valence-electron chi connectivity index (χ0n) is 10.4. The molecule has 3 nitrogen and oxygen atoms in total. The van der Waals surface area contributed by atoms with Gasteiger partial charge in [0.05, 0.1) is 24.2 Å². The fourth-order valence-corrected chi connectivity index (χ4v) is 1.63. The first-order valence-corrected chi connectivity index (χ1v) is 5.80. The molecule has 1 aromatic rings. The van der Waals surface area contributed by atoms with E-state index in [0.717, 1.165) is 0 Å². The van der Waals surface area contributed by atoms with Crippen molar-refractivity contribution in [3.05, 3.63) is 35.4 Å². The molecule has 1 rings (SSSR count). The molecule has 2 atom stereocenters. The second kappa shape index (κ2) is 6.55. The molecule has 2 N–H and O–H groups in total. The van der Waals surface area contributed by atoms with E-state index >= 15 is 0 Å². The minimum absolute atomic E-state index is 0.0309. The fourth-order valence-electron chi connectivity index (χ4n) is 1.63. The van der Waals surface area contributed by atoms with Gasteiger partial charge in [-0.3, -0.25) is 0 Å². The second-order valence-electron chi connectivity index (χ2n) is 4.38. The Bertz CT molecular complexity index is 437. The van der Waals surface area contributed by atoms with Gasteiger partial charge in [-0.1, -0.05) is 12.1 Å². The molecule has 19 heavy (non-hydrogen) atoms. The van der Waals surface area contributed by atoms with Gasteiger partial charge in [0.25, 0.3) is 0 Å². The molecule has 0 aliphatic heterocycles. The highest BCUT2D eigenvalue weighted by Gasteiger charge is 2.29. The van der Waals surface area contributed by atoms with E-state index in [9.17, 15) is 18.3 Å². The standard InChI is InChI=1S/C13H15F3N2O/c1-9(6-13(14,15)16)18-8-12(19)11-4-2-10(7-17)3-5-11/h2-5,9,12,18-19H,6,8H2,1H3. The van der Waals surface area contributed by atoms with Gasteiger partial charge in [0.15, 0.2) is 0 Å². The highest BCUT2D eigenvalue weighted by Crippen LogP contribution is 2.21. The number of aliphatic hydroxyl groups is 1. The van der Waals surface area contributed by atoms with Gasteiger partial charge in [0.2, 0.25) is 0 Å². The van der Waals surface area contributed by atoms with Crippen LogP contribution in [0.25, 0.3) is 0 Å². The molecule has 2 unspecified atom stereocenters. The average Bonchev–Trinajstić information content (AvgIpc) is 2.34. The number of hydrogen-bond donors (Lipinski definition) is 2. The molecule has 0 amide bonds. The molecule has 0 saturated heterocycles. The molecule has 0 spiro atoms. The first kappa shape index (κ1) is 15.5. The van der Waals surface area contributed by atoms with Crippen LogP contribution in [0.2, 0.25) is 0 Å². The van der Waals surface area contributed by atoms with Crippen molar-refractivity contribution >= 4 is 0 Å². The van der Waals surface area contributed by atoms with Crippen molar-refractivity contribution in [2.45, 2.75) is 31.7 Å². The number of hydrogen-bond acceptors (Lipinski definition) is 3. The zero-order valence-corrected chi connectivity index (χ0v) is 10.4. The number of nitrogens with one attached hydrogen (secondary N) is 1. The lowest BCUT2D eigenvalue weighted by Crippen LogP contribution is -2.34. The molecular formula is C13H15F3N2O. The number of benzene rings is 1. The van der Waals surface area contributed by atoms with Crippen LogP contribution in [0.1, 0.15) is 30.6 Å². The Hall–Kier alpha value is -1.58. The van der Waals surface area contributed by atoms with Crippen molar-refractivity contribution in [3.8, 4) is 6.07 Å². The first-order valence-electron chi connectivity index (χ1n) is 5.80. The van der Waals surface area contributed by atoms with Crippen LogP contribution >= 0.6 is 0 Å². The van der Waals surface area contributed by atoms with Crippen LogP contribution in [0.4, 0.5) is 13.2 Å². The Kier molecular flexibility index (Phi) is 5.33. The lowest BCUT2D eigenvalue weighted by atomic mass is 10.1. The zero-order chi connectivity index (χ0) is 14.5. The van der Waals surface area contributed by atoms with Gasteiger partial charge in [-0.05, 0) is 24.6 Å². The Balaban J connectivity index is 2.46. The molecular weight excluding hydrogens is 257 g/mol. The van der Waals surface area contributed by atoms with Crippen molar-refractivity contribution in [1.29, 1.82) is 5.26 Å². The predicted molar refractivity (Wildman–Crippen MR) is 64.3 cm³/mol. The summed E-state index contributed by atoms with van der Waals surface area (Å²) in [5, 5.41) is 21.1. The quantitative estimate of drug-likeness (QED) is 0.866. The third-order valence-corrected chi connectivity index (χ3v) is 2.62. The summed E-state index contributed by atoms with van der Waals surface area (Å²) in [6.07, 6.45) is -6.05. The molecule has 0 bridgehead atoms. The van der Waals surface area contributed by atoms with Gasteiger partial charge < -0.3 is 10.4 Å². The van der Waals surface area contributed by atoms with Crippen LogP contribution in [0.15, 0.2) is 24.3 Å². The maximum Gasteiger partial charge on any atom is 0.390 e. The number of alkyl halides is 3. The minimum atomic E-state index is -4.22. The average molecular weight is 272 g/mol. The molecule has 0 fully saturated rings. The van der Waals surface area contributed by atoms with E-state index < -0.39 is 24.7 Å². The normalized spacial score (nSPS) is 14.7. The summed E-state index contributed by atoms with van der Waals surface area (Å²) in [6, 6.07) is 7.46. The highest BCUT2D eigenvalue weighted by atomic mass is 19.4. The van der Waals surface area contributed by atoms with E-state index in [1.165, 1.54) is 6.92 Å². The third-order valence-electron chi connectivity index (χ3n) is 2.62. The van der Waals surface area contributed by atoms with E-state index in [4.69, 9.17) is 5.26 Å². The van der Waals surface area contributed by atoms with Crippen LogP contribution < -0.4 is 5.32 Å². The molecule has 0 aromatic heterocycles. The number of rotatable bonds is 5. The van der Waals surface area contributed by atoms with Gasteiger partial charge in [-0.2, -0.15) is 18.4 Å². The fraction of sp³-hybridized carbons (Fsp3) is 0.462.